The molecule has 0 amide bonds. The molecule has 0 atom stereocenters. The van der Waals surface area contributed by atoms with Crippen molar-refractivity contribution in [1.29, 1.82) is 0 Å². The summed E-state index contributed by atoms with van der Waals surface area (Å²) in [5, 5.41) is 6.80. The maximum Gasteiger partial charge on any atom is 0.191 e. The minimum atomic E-state index is 0.840. The van der Waals surface area contributed by atoms with Crippen LogP contribution >= 0.6 is 0 Å². The fraction of sp³-hybridized carbons (Fsp3) is 0.632. The normalized spacial score (nSPS) is 15.0. The van der Waals surface area contributed by atoms with E-state index >= 15 is 0 Å². The standard InChI is InChI=1S/C19H32N4/c1-3-20-19(22-15-16-23(4-2)18-12-13-18)21-14-8-11-17-9-6-5-7-10-17/h5-7,9-10,18H,3-4,8,11-16H2,1-2H3,(H2,20,21,22). The molecule has 0 aliphatic heterocycles. The molecule has 2 rings (SSSR count). The van der Waals surface area contributed by atoms with Gasteiger partial charge in [0.25, 0.3) is 0 Å². The van der Waals surface area contributed by atoms with Crippen LogP contribution < -0.4 is 10.6 Å². The highest BCUT2D eigenvalue weighted by Crippen LogP contribution is 2.25. The van der Waals surface area contributed by atoms with Crippen LogP contribution in [-0.4, -0.2) is 49.6 Å². The molecule has 0 bridgehead atoms. The van der Waals surface area contributed by atoms with Gasteiger partial charge in [-0.05, 0) is 44.7 Å². The van der Waals surface area contributed by atoms with Gasteiger partial charge < -0.3 is 10.6 Å². The number of nitrogens with one attached hydrogen (secondary N) is 2. The van der Waals surface area contributed by atoms with Gasteiger partial charge in [-0.2, -0.15) is 0 Å². The Morgan fingerprint density at radius 1 is 1.17 bits per heavy atom. The van der Waals surface area contributed by atoms with Crippen LogP contribution in [0.1, 0.15) is 38.7 Å². The van der Waals surface area contributed by atoms with Crippen LogP contribution in [0.15, 0.2) is 35.3 Å². The van der Waals surface area contributed by atoms with Crippen LogP contribution in [0.2, 0.25) is 0 Å². The largest absolute Gasteiger partial charge is 0.357 e. The highest BCUT2D eigenvalue weighted by molar-refractivity contribution is 5.79. The molecule has 1 aromatic carbocycles. The predicted octanol–water partition coefficient (Wildman–Crippen LogP) is 2.66. The summed E-state index contributed by atoms with van der Waals surface area (Å²) in [5.41, 5.74) is 1.39. The fourth-order valence-corrected chi connectivity index (χ4v) is 2.82. The third-order valence-electron chi connectivity index (χ3n) is 4.24. The molecule has 1 aliphatic carbocycles. The van der Waals surface area contributed by atoms with Gasteiger partial charge in [0.05, 0.1) is 0 Å². The number of hydrogen-bond donors (Lipinski definition) is 2. The lowest BCUT2D eigenvalue weighted by atomic mass is 10.1. The van der Waals surface area contributed by atoms with E-state index in [-0.39, 0.29) is 0 Å². The van der Waals surface area contributed by atoms with Crippen LogP contribution in [0, 0.1) is 0 Å². The maximum absolute atomic E-state index is 4.69. The molecule has 23 heavy (non-hydrogen) atoms. The third kappa shape index (κ3) is 7.04. The summed E-state index contributed by atoms with van der Waals surface area (Å²) in [5.74, 6) is 0.951. The van der Waals surface area contributed by atoms with Crippen molar-refractivity contribution in [2.24, 2.45) is 4.99 Å². The monoisotopic (exact) mass is 316 g/mol. The number of benzene rings is 1. The number of aliphatic imine (C=N–C) groups is 1. The van der Waals surface area contributed by atoms with Crippen molar-refractivity contribution in [2.75, 3.05) is 32.7 Å². The molecule has 1 aromatic rings. The number of rotatable bonds is 10. The quantitative estimate of drug-likeness (QED) is 0.396. The van der Waals surface area contributed by atoms with Gasteiger partial charge in [-0.3, -0.25) is 9.89 Å². The van der Waals surface area contributed by atoms with Crippen molar-refractivity contribution in [2.45, 2.75) is 45.6 Å². The van der Waals surface area contributed by atoms with E-state index in [0.717, 1.165) is 57.6 Å². The van der Waals surface area contributed by atoms with Crippen LogP contribution in [0.3, 0.4) is 0 Å². The Balaban J connectivity index is 1.66. The average Bonchev–Trinajstić information content (AvgIpc) is 3.41. The molecule has 1 saturated carbocycles. The van der Waals surface area contributed by atoms with E-state index in [1.807, 2.05) is 0 Å². The Morgan fingerprint density at radius 2 is 1.96 bits per heavy atom. The van der Waals surface area contributed by atoms with Gasteiger partial charge in [0.2, 0.25) is 0 Å². The second-order valence-corrected chi connectivity index (χ2v) is 6.14. The number of nitrogens with zero attached hydrogens (tertiary/aromatic N) is 2. The van der Waals surface area contributed by atoms with Gasteiger partial charge >= 0.3 is 0 Å². The Bertz CT molecular complexity index is 454. The molecule has 0 heterocycles. The van der Waals surface area contributed by atoms with E-state index in [4.69, 9.17) is 0 Å². The lowest BCUT2D eigenvalue weighted by molar-refractivity contribution is 0.282. The first-order chi connectivity index (χ1) is 11.3. The molecule has 0 unspecified atom stereocenters. The predicted molar refractivity (Wildman–Crippen MR) is 99.0 cm³/mol. The van der Waals surface area contributed by atoms with E-state index in [9.17, 15) is 0 Å². The number of aryl methyl sites for hydroxylation is 1. The number of likely N-dealkylation sites (N-methyl/N-ethyl adjacent to an activating group) is 1. The topological polar surface area (TPSA) is 39.7 Å². The molecule has 2 N–H and O–H groups in total. The maximum atomic E-state index is 4.69. The van der Waals surface area contributed by atoms with Gasteiger partial charge in [0, 0.05) is 32.2 Å². The second-order valence-electron chi connectivity index (χ2n) is 6.14. The van der Waals surface area contributed by atoms with E-state index in [1.165, 1.54) is 18.4 Å². The Labute approximate surface area is 141 Å². The summed E-state index contributed by atoms with van der Waals surface area (Å²) in [6.45, 7) is 9.36. The van der Waals surface area contributed by atoms with Crippen molar-refractivity contribution >= 4 is 5.96 Å². The van der Waals surface area contributed by atoms with E-state index in [2.05, 4.69) is 64.7 Å². The number of hydrogen-bond acceptors (Lipinski definition) is 2. The zero-order valence-corrected chi connectivity index (χ0v) is 14.7. The van der Waals surface area contributed by atoms with Gasteiger partial charge in [-0.25, -0.2) is 0 Å². The molecule has 0 saturated heterocycles. The zero-order chi connectivity index (χ0) is 16.3. The summed E-state index contributed by atoms with van der Waals surface area (Å²) in [6, 6.07) is 11.5. The summed E-state index contributed by atoms with van der Waals surface area (Å²) in [4.78, 5) is 7.25. The summed E-state index contributed by atoms with van der Waals surface area (Å²) in [6.07, 6.45) is 4.93. The lowest BCUT2D eigenvalue weighted by Gasteiger charge is -2.20. The first kappa shape index (κ1) is 17.8. The van der Waals surface area contributed by atoms with Gasteiger partial charge in [-0.15, -0.1) is 0 Å². The van der Waals surface area contributed by atoms with Crippen LogP contribution in [0.4, 0.5) is 0 Å². The van der Waals surface area contributed by atoms with Crippen LogP contribution in [-0.2, 0) is 6.42 Å². The highest BCUT2D eigenvalue weighted by Gasteiger charge is 2.27. The minimum Gasteiger partial charge on any atom is -0.357 e. The number of guanidine groups is 1. The van der Waals surface area contributed by atoms with Crippen molar-refractivity contribution in [3.05, 3.63) is 35.9 Å². The molecule has 4 nitrogen and oxygen atoms in total. The lowest BCUT2D eigenvalue weighted by Crippen LogP contribution is -2.42. The first-order valence-electron chi connectivity index (χ1n) is 9.13. The Kier molecular flexibility index (Phi) is 7.95. The summed E-state index contributed by atoms with van der Waals surface area (Å²) in [7, 11) is 0. The minimum absolute atomic E-state index is 0.840. The molecule has 4 heteroatoms. The van der Waals surface area contributed by atoms with E-state index in [1.54, 1.807) is 0 Å². The molecule has 0 aromatic heterocycles. The molecule has 128 valence electrons. The average molecular weight is 316 g/mol. The molecule has 0 radical (unpaired) electrons. The molecular formula is C19H32N4. The Hall–Kier alpha value is -1.55. The van der Waals surface area contributed by atoms with Crippen molar-refractivity contribution in [3.8, 4) is 0 Å². The van der Waals surface area contributed by atoms with Crippen molar-refractivity contribution < 1.29 is 0 Å². The first-order valence-corrected chi connectivity index (χ1v) is 9.13. The van der Waals surface area contributed by atoms with Gasteiger partial charge in [-0.1, -0.05) is 37.3 Å². The molecule has 1 aliphatic rings. The summed E-state index contributed by atoms with van der Waals surface area (Å²) >= 11 is 0. The summed E-state index contributed by atoms with van der Waals surface area (Å²) < 4.78 is 0. The van der Waals surface area contributed by atoms with Crippen LogP contribution in [0.25, 0.3) is 0 Å². The van der Waals surface area contributed by atoms with E-state index in [0.29, 0.717) is 0 Å². The third-order valence-corrected chi connectivity index (χ3v) is 4.24. The van der Waals surface area contributed by atoms with Crippen molar-refractivity contribution in [3.63, 3.8) is 0 Å². The van der Waals surface area contributed by atoms with Gasteiger partial charge in [0.15, 0.2) is 5.96 Å². The molecule has 1 fully saturated rings. The van der Waals surface area contributed by atoms with Crippen molar-refractivity contribution in [1.82, 2.24) is 15.5 Å². The fourth-order valence-electron chi connectivity index (χ4n) is 2.82. The smallest absolute Gasteiger partial charge is 0.191 e. The Morgan fingerprint density at radius 3 is 2.61 bits per heavy atom. The van der Waals surface area contributed by atoms with Crippen LogP contribution in [0.5, 0.6) is 0 Å². The SMILES string of the molecule is CCNC(=NCCCc1ccccc1)NCCN(CC)C1CC1. The molecule has 0 spiro atoms. The zero-order valence-electron chi connectivity index (χ0n) is 14.7. The molecular weight excluding hydrogens is 284 g/mol. The van der Waals surface area contributed by atoms with Gasteiger partial charge in [0.1, 0.15) is 0 Å². The second kappa shape index (κ2) is 10.3. The van der Waals surface area contributed by atoms with E-state index < -0.39 is 0 Å². The highest BCUT2D eigenvalue weighted by atomic mass is 15.2.